The van der Waals surface area contributed by atoms with E-state index in [1.165, 1.54) is 6.20 Å². The van der Waals surface area contributed by atoms with Crippen molar-refractivity contribution in [3.8, 4) is 0 Å². The maximum atomic E-state index is 12.4. The van der Waals surface area contributed by atoms with Crippen molar-refractivity contribution in [1.29, 1.82) is 0 Å². The molecule has 7 nitrogen and oxygen atoms in total. The van der Waals surface area contributed by atoms with Crippen LogP contribution in [0.25, 0.3) is 11.0 Å². The lowest BCUT2D eigenvalue weighted by atomic mass is 10.0. The molecule has 0 spiro atoms. The number of nitrogens with one attached hydrogen (secondary N) is 1. The number of carbonyl (C=O) groups is 1. The fraction of sp³-hybridized carbons (Fsp3) is 0.333. The third kappa shape index (κ3) is 3.66. The van der Waals surface area contributed by atoms with Gasteiger partial charge in [-0.05, 0) is 30.9 Å². The Balaban J connectivity index is 1.43. The first kappa shape index (κ1) is 15.7. The molecule has 3 aromatic rings. The SMILES string of the molecule is O=C(Nc1cnn(CC2CCOCC2)c1)c1cnc2ccccc2n1. The first-order valence-electron chi connectivity index (χ1n) is 8.41. The molecule has 0 bridgehead atoms. The number of nitrogens with zero attached hydrogens (tertiary/aromatic N) is 4. The summed E-state index contributed by atoms with van der Waals surface area (Å²) in [7, 11) is 0. The number of para-hydroxylation sites is 2. The van der Waals surface area contributed by atoms with Crippen molar-refractivity contribution in [2.75, 3.05) is 18.5 Å². The van der Waals surface area contributed by atoms with E-state index in [0.717, 1.165) is 38.1 Å². The maximum absolute atomic E-state index is 12.4. The normalized spacial score (nSPS) is 15.4. The van der Waals surface area contributed by atoms with E-state index >= 15 is 0 Å². The zero-order valence-electron chi connectivity index (χ0n) is 13.8. The summed E-state index contributed by atoms with van der Waals surface area (Å²) in [6.45, 7) is 2.47. The lowest BCUT2D eigenvalue weighted by molar-refractivity contribution is 0.0601. The van der Waals surface area contributed by atoms with Crippen molar-refractivity contribution in [1.82, 2.24) is 19.7 Å². The predicted molar refractivity (Wildman–Crippen MR) is 93.3 cm³/mol. The maximum Gasteiger partial charge on any atom is 0.275 e. The highest BCUT2D eigenvalue weighted by molar-refractivity contribution is 6.03. The summed E-state index contributed by atoms with van der Waals surface area (Å²) in [5, 5.41) is 7.16. The van der Waals surface area contributed by atoms with Gasteiger partial charge in [-0.25, -0.2) is 4.98 Å². The lowest BCUT2D eigenvalue weighted by Crippen LogP contribution is -2.20. The molecule has 3 heterocycles. The van der Waals surface area contributed by atoms with Gasteiger partial charge in [-0.1, -0.05) is 12.1 Å². The Hall–Kier alpha value is -2.80. The summed E-state index contributed by atoms with van der Waals surface area (Å²) < 4.78 is 7.25. The quantitative estimate of drug-likeness (QED) is 0.791. The Morgan fingerprint density at radius 2 is 2.00 bits per heavy atom. The topological polar surface area (TPSA) is 81.9 Å². The smallest absolute Gasteiger partial charge is 0.275 e. The third-order valence-electron chi connectivity index (χ3n) is 4.36. The summed E-state index contributed by atoms with van der Waals surface area (Å²) in [4.78, 5) is 21.0. The molecule has 4 rings (SSSR count). The molecular formula is C18H19N5O2. The van der Waals surface area contributed by atoms with E-state index in [4.69, 9.17) is 4.74 Å². The van der Waals surface area contributed by atoms with Crippen LogP contribution in [0.4, 0.5) is 5.69 Å². The molecule has 25 heavy (non-hydrogen) atoms. The van der Waals surface area contributed by atoms with Crippen molar-refractivity contribution in [2.24, 2.45) is 5.92 Å². The third-order valence-corrected chi connectivity index (χ3v) is 4.36. The minimum absolute atomic E-state index is 0.288. The number of carbonyl (C=O) groups excluding carboxylic acids is 1. The molecule has 0 unspecified atom stereocenters. The minimum Gasteiger partial charge on any atom is -0.381 e. The van der Waals surface area contributed by atoms with Crippen LogP contribution in [0.2, 0.25) is 0 Å². The van der Waals surface area contributed by atoms with Gasteiger partial charge >= 0.3 is 0 Å². The molecule has 7 heteroatoms. The Bertz CT molecular complexity index is 886. The van der Waals surface area contributed by atoms with Crippen LogP contribution in [0.1, 0.15) is 23.3 Å². The number of aromatic nitrogens is 4. The van der Waals surface area contributed by atoms with E-state index in [-0.39, 0.29) is 11.6 Å². The zero-order valence-corrected chi connectivity index (χ0v) is 13.8. The number of hydrogen-bond acceptors (Lipinski definition) is 5. The van der Waals surface area contributed by atoms with Gasteiger partial charge in [-0.15, -0.1) is 0 Å². The molecule has 1 aromatic carbocycles. The van der Waals surface area contributed by atoms with Gasteiger partial charge in [0.1, 0.15) is 5.69 Å². The molecular weight excluding hydrogens is 318 g/mol. The second-order valence-electron chi connectivity index (χ2n) is 6.20. The monoisotopic (exact) mass is 337 g/mol. The summed E-state index contributed by atoms with van der Waals surface area (Å²) in [5.74, 6) is 0.285. The van der Waals surface area contributed by atoms with Gasteiger partial charge in [0, 0.05) is 26.0 Å². The van der Waals surface area contributed by atoms with Gasteiger partial charge in [0.05, 0.1) is 29.1 Å². The van der Waals surface area contributed by atoms with Crippen LogP contribution in [-0.4, -0.2) is 38.9 Å². The molecule has 128 valence electrons. The summed E-state index contributed by atoms with van der Waals surface area (Å²) in [6, 6.07) is 7.47. The molecule has 1 fully saturated rings. The van der Waals surface area contributed by atoms with Crippen LogP contribution >= 0.6 is 0 Å². The largest absolute Gasteiger partial charge is 0.381 e. The van der Waals surface area contributed by atoms with Crippen LogP contribution in [0.15, 0.2) is 42.9 Å². The fourth-order valence-electron chi connectivity index (χ4n) is 2.98. The standard InChI is InChI=1S/C18H19N5O2/c24-18(17-10-19-15-3-1-2-4-16(15)22-17)21-14-9-20-23(12-14)11-13-5-7-25-8-6-13/h1-4,9-10,12-13H,5-8,11H2,(H,21,24). The van der Waals surface area contributed by atoms with Gasteiger partial charge in [-0.2, -0.15) is 5.10 Å². The number of hydrogen-bond donors (Lipinski definition) is 1. The van der Waals surface area contributed by atoms with E-state index in [1.807, 2.05) is 35.1 Å². The number of benzene rings is 1. The molecule has 0 saturated carbocycles. The van der Waals surface area contributed by atoms with Crippen LogP contribution in [0.3, 0.4) is 0 Å². The van der Waals surface area contributed by atoms with Crippen molar-refractivity contribution >= 4 is 22.6 Å². The number of amides is 1. The Morgan fingerprint density at radius 1 is 1.20 bits per heavy atom. The van der Waals surface area contributed by atoms with Gasteiger partial charge in [0.15, 0.2) is 0 Å². The second-order valence-corrected chi connectivity index (χ2v) is 6.20. The highest BCUT2D eigenvalue weighted by Crippen LogP contribution is 2.18. The number of fused-ring (bicyclic) bond motifs is 1. The van der Waals surface area contributed by atoms with Crippen LogP contribution < -0.4 is 5.32 Å². The van der Waals surface area contributed by atoms with Gasteiger partial charge < -0.3 is 10.1 Å². The van der Waals surface area contributed by atoms with E-state index in [2.05, 4.69) is 20.4 Å². The highest BCUT2D eigenvalue weighted by atomic mass is 16.5. The van der Waals surface area contributed by atoms with Crippen LogP contribution in [-0.2, 0) is 11.3 Å². The van der Waals surface area contributed by atoms with Gasteiger partial charge in [0.2, 0.25) is 0 Å². The van der Waals surface area contributed by atoms with Gasteiger partial charge in [0.25, 0.3) is 5.91 Å². The van der Waals surface area contributed by atoms with Crippen molar-refractivity contribution in [3.63, 3.8) is 0 Å². The number of anilines is 1. The minimum atomic E-state index is -0.288. The second kappa shape index (κ2) is 6.98. The first-order chi connectivity index (χ1) is 12.3. The number of rotatable bonds is 4. The average Bonchev–Trinajstić information content (AvgIpc) is 3.09. The number of ether oxygens (including phenoxy) is 1. The molecule has 1 aliphatic rings. The lowest BCUT2D eigenvalue weighted by Gasteiger charge is -2.21. The van der Waals surface area contributed by atoms with Crippen molar-refractivity contribution < 1.29 is 9.53 Å². The van der Waals surface area contributed by atoms with Gasteiger partial charge in [-0.3, -0.25) is 14.5 Å². The Labute approximate surface area is 145 Å². The van der Waals surface area contributed by atoms with E-state index < -0.39 is 0 Å². The Morgan fingerprint density at radius 3 is 2.84 bits per heavy atom. The van der Waals surface area contributed by atoms with Crippen LogP contribution in [0.5, 0.6) is 0 Å². The first-order valence-corrected chi connectivity index (χ1v) is 8.41. The fourth-order valence-corrected chi connectivity index (χ4v) is 2.98. The highest BCUT2D eigenvalue weighted by Gasteiger charge is 2.15. The molecule has 2 aromatic heterocycles. The summed E-state index contributed by atoms with van der Waals surface area (Å²) >= 11 is 0. The molecule has 0 atom stereocenters. The molecule has 0 radical (unpaired) electrons. The van der Waals surface area contributed by atoms with E-state index in [0.29, 0.717) is 17.1 Å². The van der Waals surface area contributed by atoms with E-state index in [9.17, 15) is 4.79 Å². The Kier molecular flexibility index (Phi) is 4.39. The van der Waals surface area contributed by atoms with Crippen LogP contribution in [0, 0.1) is 5.92 Å². The molecule has 0 aliphatic carbocycles. The van der Waals surface area contributed by atoms with Crippen molar-refractivity contribution in [3.05, 3.63) is 48.5 Å². The molecule has 1 amide bonds. The predicted octanol–water partition coefficient (Wildman–Crippen LogP) is 2.51. The summed E-state index contributed by atoms with van der Waals surface area (Å²) in [5.41, 5.74) is 2.41. The zero-order chi connectivity index (χ0) is 17.1. The summed E-state index contributed by atoms with van der Waals surface area (Å²) in [6.07, 6.45) is 7.10. The van der Waals surface area contributed by atoms with E-state index in [1.54, 1.807) is 6.20 Å². The molecule has 1 saturated heterocycles. The van der Waals surface area contributed by atoms with Crippen molar-refractivity contribution in [2.45, 2.75) is 19.4 Å². The molecule has 1 N–H and O–H groups in total. The molecule has 1 aliphatic heterocycles. The average molecular weight is 337 g/mol.